The number of benzene rings is 1. The Morgan fingerprint density at radius 2 is 2.22 bits per heavy atom. The van der Waals surface area contributed by atoms with E-state index >= 15 is 0 Å². The zero-order valence-electron chi connectivity index (χ0n) is 12.7. The van der Waals surface area contributed by atoms with Gasteiger partial charge < -0.3 is 15.2 Å². The lowest BCUT2D eigenvalue weighted by molar-refractivity contribution is -0.115. The summed E-state index contributed by atoms with van der Waals surface area (Å²) in [5, 5.41) is 12.1. The predicted octanol–water partition coefficient (Wildman–Crippen LogP) is 2.62. The maximum atomic E-state index is 13.3. The topological polar surface area (TPSA) is 84.3 Å². The Labute approximate surface area is 137 Å². The molecule has 2 aromatic rings. The van der Waals surface area contributed by atoms with Crippen LogP contribution in [0, 0.1) is 6.08 Å². The molecule has 0 unspecified atom stereocenters. The largest absolute Gasteiger partial charge is 0.480 e. The van der Waals surface area contributed by atoms with Crippen LogP contribution in [0.4, 0.5) is 10.1 Å². The van der Waals surface area contributed by atoms with Crippen molar-refractivity contribution in [2.75, 3.05) is 12.4 Å². The zero-order chi connectivity index (χ0) is 16.8. The number of aromatic nitrogens is 2. The Bertz CT molecular complexity index is 687. The van der Waals surface area contributed by atoms with Crippen LogP contribution in [0.3, 0.4) is 0 Å². The second-order valence-corrected chi connectivity index (χ2v) is 5.55. The van der Waals surface area contributed by atoms with Gasteiger partial charge in [0.1, 0.15) is 0 Å². The third-order valence-electron chi connectivity index (χ3n) is 2.88. The molecule has 2 N–H and O–H groups in total. The van der Waals surface area contributed by atoms with Gasteiger partial charge in [0.05, 0.1) is 24.3 Å². The number of anilines is 1. The number of carbonyl (C=O) groups excluding carboxylic acids is 1. The summed E-state index contributed by atoms with van der Waals surface area (Å²) < 4.78 is 18.4. The lowest BCUT2D eigenvalue weighted by Gasteiger charge is -2.11. The van der Waals surface area contributed by atoms with Gasteiger partial charge in [-0.3, -0.25) is 4.79 Å². The zero-order valence-corrected chi connectivity index (χ0v) is 13.5. The van der Waals surface area contributed by atoms with Gasteiger partial charge in [0.2, 0.25) is 11.8 Å². The summed E-state index contributed by atoms with van der Waals surface area (Å²) in [4.78, 5) is 19.8. The van der Waals surface area contributed by atoms with Gasteiger partial charge in [-0.25, -0.2) is 4.98 Å². The molecule has 1 amide bonds. The number of nitrogens with one attached hydrogen (secondary N) is 1. The van der Waals surface area contributed by atoms with Gasteiger partial charge in [-0.1, -0.05) is 24.8 Å². The van der Waals surface area contributed by atoms with Crippen LogP contribution in [0.5, 0.6) is 5.88 Å². The molecule has 0 fully saturated rings. The van der Waals surface area contributed by atoms with Crippen LogP contribution < -0.4 is 10.1 Å². The van der Waals surface area contributed by atoms with Crippen molar-refractivity contribution in [3.05, 3.63) is 36.0 Å². The van der Waals surface area contributed by atoms with E-state index in [-0.39, 0.29) is 17.5 Å². The van der Waals surface area contributed by atoms with Crippen molar-refractivity contribution in [1.29, 1.82) is 0 Å². The number of aliphatic hydroxyl groups is 1. The summed E-state index contributed by atoms with van der Waals surface area (Å²) in [5.74, 6) is -0.0413. The third-order valence-corrected chi connectivity index (χ3v) is 3.98. The van der Waals surface area contributed by atoms with Gasteiger partial charge >= 0.3 is 6.08 Å². The minimum Gasteiger partial charge on any atom is -0.480 e. The molecule has 0 aliphatic heterocycles. The average molecular weight is 337 g/mol. The van der Waals surface area contributed by atoms with Crippen molar-refractivity contribution in [2.24, 2.45) is 0 Å². The standard InChI is InChI=1S/C15H16FN3O3S/c1-3-12(21)17-9-5-4-6-10(7-9)23-13-11(8-20)18-15(16)19-14(13)22-2/h4-7,20H,3,8H2,1-2H3,(H,17,21). The van der Waals surface area contributed by atoms with Crippen LogP contribution in [0.15, 0.2) is 34.1 Å². The lowest BCUT2D eigenvalue weighted by atomic mass is 10.3. The third kappa shape index (κ3) is 4.40. The van der Waals surface area contributed by atoms with Gasteiger partial charge in [-0.05, 0) is 18.2 Å². The van der Waals surface area contributed by atoms with E-state index in [4.69, 9.17) is 4.74 Å². The Hall–Kier alpha value is -2.19. The van der Waals surface area contributed by atoms with Crippen LogP contribution in [0.1, 0.15) is 19.0 Å². The maximum Gasteiger partial charge on any atom is 0.312 e. The second-order valence-electron chi connectivity index (χ2n) is 4.47. The van der Waals surface area contributed by atoms with Gasteiger partial charge in [0.15, 0.2) is 0 Å². The lowest BCUT2D eigenvalue weighted by Crippen LogP contribution is -2.09. The number of carbonyl (C=O) groups is 1. The fourth-order valence-corrected chi connectivity index (χ4v) is 2.81. The van der Waals surface area contributed by atoms with Crippen molar-refractivity contribution in [1.82, 2.24) is 9.97 Å². The summed E-state index contributed by atoms with van der Waals surface area (Å²) in [6, 6.07) is 7.13. The van der Waals surface area contributed by atoms with Gasteiger partial charge in [-0.15, -0.1) is 0 Å². The number of aliphatic hydroxyl groups excluding tert-OH is 1. The van der Waals surface area contributed by atoms with E-state index in [0.717, 1.165) is 4.90 Å². The molecule has 0 aliphatic rings. The second kappa shape index (κ2) is 7.89. The van der Waals surface area contributed by atoms with E-state index in [1.165, 1.54) is 18.9 Å². The highest BCUT2D eigenvalue weighted by molar-refractivity contribution is 7.99. The number of amides is 1. The molecule has 8 heteroatoms. The van der Waals surface area contributed by atoms with E-state index in [1.807, 2.05) is 6.07 Å². The number of halogens is 1. The van der Waals surface area contributed by atoms with Gasteiger partial charge in [0.25, 0.3) is 0 Å². The van der Waals surface area contributed by atoms with E-state index < -0.39 is 12.7 Å². The van der Waals surface area contributed by atoms with Crippen molar-refractivity contribution in [3.63, 3.8) is 0 Å². The minimum atomic E-state index is -0.959. The molecule has 0 aliphatic carbocycles. The fraction of sp³-hybridized carbons (Fsp3) is 0.267. The molecule has 0 spiro atoms. The van der Waals surface area contributed by atoms with Crippen LogP contribution in [-0.4, -0.2) is 28.1 Å². The minimum absolute atomic E-state index is 0.0505. The summed E-state index contributed by atoms with van der Waals surface area (Å²) >= 11 is 1.22. The molecule has 0 bridgehead atoms. The number of ether oxygens (including phenoxy) is 1. The summed E-state index contributed by atoms with van der Waals surface area (Å²) in [5.41, 5.74) is 0.789. The molecule has 0 saturated carbocycles. The molecule has 0 radical (unpaired) electrons. The first-order valence-corrected chi connectivity index (χ1v) is 7.68. The highest BCUT2D eigenvalue weighted by Gasteiger charge is 2.16. The maximum absolute atomic E-state index is 13.3. The van der Waals surface area contributed by atoms with Crippen molar-refractivity contribution >= 4 is 23.4 Å². The molecular formula is C15H16FN3O3S. The smallest absolute Gasteiger partial charge is 0.312 e. The molecule has 1 heterocycles. The number of hydrogen-bond acceptors (Lipinski definition) is 6. The van der Waals surface area contributed by atoms with E-state index in [1.54, 1.807) is 25.1 Å². The van der Waals surface area contributed by atoms with E-state index in [2.05, 4.69) is 15.3 Å². The number of methoxy groups -OCH3 is 1. The van der Waals surface area contributed by atoms with Crippen LogP contribution in [0.2, 0.25) is 0 Å². The molecule has 1 aromatic carbocycles. The first-order chi connectivity index (χ1) is 11.1. The molecule has 6 nitrogen and oxygen atoms in total. The predicted molar refractivity (Wildman–Crippen MR) is 84.0 cm³/mol. The number of nitrogens with zero attached hydrogens (tertiary/aromatic N) is 2. The SMILES string of the molecule is CCC(=O)Nc1cccc(Sc2c(CO)nc(F)nc2OC)c1. The summed E-state index contributed by atoms with van der Waals surface area (Å²) in [7, 11) is 1.37. The Kier molecular flexibility index (Phi) is 5.89. The average Bonchev–Trinajstić information content (AvgIpc) is 2.56. The highest BCUT2D eigenvalue weighted by Crippen LogP contribution is 2.36. The first-order valence-electron chi connectivity index (χ1n) is 6.86. The quantitative estimate of drug-likeness (QED) is 0.788. The molecule has 1 aromatic heterocycles. The monoisotopic (exact) mass is 337 g/mol. The Morgan fingerprint density at radius 3 is 2.87 bits per heavy atom. The molecular weight excluding hydrogens is 321 g/mol. The highest BCUT2D eigenvalue weighted by atomic mass is 32.2. The molecule has 0 atom stereocenters. The first kappa shape index (κ1) is 17.2. The molecule has 0 saturated heterocycles. The molecule has 2 rings (SSSR count). The van der Waals surface area contributed by atoms with Crippen LogP contribution >= 0.6 is 11.8 Å². The Morgan fingerprint density at radius 1 is 1.43 bits per heavy atom. The normalized spacial score (nSPS) is 10.4. The van der Waals surface area contributed by atoms with Crippen LogP contribution in [-0.2, 0) is 11.4 Å². The van der Waals surface area contributed by atoms with E-state index in [0.29, 0.717) is 17.0 Å². The molecule has 23 heavy (non-hydrogen) atoms. The van der Waals surface area contributed by atoms with Gasteiger partial charge in [0, 0.05) is 17.0 Å². The van der Waals surface area contributed by atoms with E-state index in [9.17, 15) is 14.3 Å². The summed E-state index contributed by atoms with van der Waals surface area (Å²) in [6.07, 6.45) is -0.578. The van der Waals surface area contributed by atoms with Crippen LogP contribution in [0.25, 0.3) is 0 Å². The number of hydrogen-bond donors (Lipinski definition) is 2. The van der Waals surface area contributed by atoms with Crippen molar-refractivity contribution in [2.45, 2.75) is 29.7 Å². The van der Waals surface area contributed by atoms with Crippen molar-refractivity contribution in [3.8, 4) is 5.88 Å². The molecule has 122 valence electrons. The number of rotatable bonds is 6. The van der Waals surface area contributed by atoms with Gasteiger partial charge in [-0.2, -0.15) is 9.37 Å². The fourth-order valence-electron chi connectivity index (χ4n) is 1.80. The summed E-state index contributed by atoms with van der Waals surface area (Å²) in [6.45, 7) is 1.33. The Balaban J connectivity index is 2.32. The van der Waals surface area contributed by atoms with Crippen molar-refractivity contribution < 1.29 is 19.0 Å².